The molecule has 1 aliphatic rings. The first-order valence-electron chi connectivity index (χ1n) is 9.26. The van der Waals surface area contributed by atoms with Crippen LogP contribution in [0.1, 0.15) is 6.23 Å². The zero-order valence-electron chi connectivity index (χ0n) is 16.3. The molecule has 2 unspecified atom stereocenters. The highest BCUT2D eigenvalue weighted by molar-refractivity contribution is 8.04. The van der Waals surface area contributed by atoms with Gasteiger partial charge >= 0.3 is 0 Å². The lowest BCUT2D eigenvalue weighted by molar-refractivity contribution is -0.0330. The predicted octanol–water partition coefficient (Wildman–Crippen LogP) is -1.58. The molecule has 0 aliphatic carbocycles. The molecule has 0 saturated carbocycles. The summed E-state index contributed by atoms with van der Waals surface area (Å²) in [6, 6.07) is 5.70. The number of hydrogen-bond acceptors (Lipinski definition) is 11. The van der Waals surface area contributed by atoms with Crippen molar-refractivity contribution in [1.82, 2.24) is 24.2 Å². The van der Waals surface area contributed by atoms with Crippen LogP contribution >= 0.6 is 0 Å². The molecule has 5 atom stereocenters. The van der Waals surface area contributed by atoms with Crippen LogP contribution in [0.2, 0.25) is 0 Å². The molecule has 3 heterocycles. The fraction of sp³-hybridized carbons (Fsp3) is 0.353. The quantitative estimate of drug-likeness (QED) is 0.259. The first kappa shape index (κ1) is 22.5. The van der Waals surface area contributed by atoms with E-state index in [9.17, 15) is 27.9 Å². The van der Waals surface area contributed by atoms with Gasteiger partial charge < -0.3 is 25.8 Å². The number of aromatic nitrogens is 4. The number of phenolic OH excluding ortho intramolecular Hbond substituents is 1. The summed E-state index contributed by atoms with van der Waals surface area (Å²) in [4.78, 5) is 11.9. The molecular formula is C17H20N6O7S2. The summed E-state index contributed by atoms with van der Waals surface area (Å²) in [5, 5.41) is 29.7. The second-order valence-electron chi connectivity index (χ2n) is 7.02. The lowest BCUT2D eigenvalue weighted by atomic mass is 10.1. The van der Waals surface area contributed by atoms with E-state index in [1.165, 1.54) is 41.5 Å². The zero-order valence-corrected chi connectivity index (χ0v) is 18.0. The number of nitrogens with two attached hydrogens (primary N) is 1. The van der Waals surface area contributed by atoms with Gasteiger partial charge in [-0.25, -0.2) is 28.1 Å². The Labute approximate surface area is 184 Å². The largest absolute Gasteiger partial charge is 0.507 e. The van der Waals surface area contributed by atoms with Crippen LogP contribution in [-0.2, 0) is 25.6 Å². The number of aliphatic hydroxyl groups is 2. The molecule has 0 bridgehead atoms. The molecule has 0 spiro atoms. The number of nitrogens with one attached hydrogen (secondary N) is 1. The van der Waals surface area contributed by atoms with Crippen LogP contribution in [0.5, 0.6) is 5.75 Å². The van der Waals surface area contributed by atoms with E-state index in [0.29, 0.717) is 0 Å². The number of aliphatic hydroxyl groups excluding tert-OH is 2. The van der Waals surface area contributed by atoms with Gasteiger partial charge in [0.1, 0.15) is 41.0 Å². The van der Waals surface area contributed by atoms with Crippen molar-refractivity contribution in [2.75, 3.05) is 17.4 Å². The molecule has 172 valence electrons. The summed E-state index contributed by atoms with van der Waals surface area (Å²) < 4.78 is 46.3. The van der Waals surface area contributed by atoms with Crippen molar-refractivity contribution in [3.05, 3.63) is 36.9 Å². The third kappa shape index (κ3) is 4.30. The van der Waals surface area contributed by atoms with Gasteiger partial charge in [0.2, 0.25) is 10.0 Å². The Kier molecular flexibility index (Phi) is 6.11. The minimum atomic E-state index is -4.08. The van der Waals surface area contributed by atoms with E-state index in [4.69, 9.17) is 10.5 Å². The van der Waals surface area contributed by atoms with Crippen LogP contribution < -0.4 is 10.5 Å². The molecule has 0 radical (unpaired) electrons. The Bertz CT molecular complexity index is 1270. The van der Waals surface area contributed by atoms with Gasteiger partial charge in [0.25, 0.3) is 0 Å². The van der Waals surface area contributed by atoms with E-state index < -0.39 is 57.0 Å². The zero-order chi connectivity index (χ0) is 23.0. The average molecular weight is 485 g/mol. The van der Waals surface area contributed by atoms with Gasteiger partial charge in [0.15, 0.2) is 17.7 Å². The van der Waals surface area contributed by atoms with Crippen LogP contribution in [0.3, 0.4) is 0 Å². The molecule has 2 aromatic heterocycles. The molecule has 1 fully saturated rings. The van der Waals surface area contributed by atoms with Crippen LogP contribution in [0.25, 0.3) is 11.2 Å². The first-order chi connectivity index (χ1) is 15.2. The summed E-state index contributed by atoms with van der Waals surface area (Å²) in [5.74, 6) is -0.151. The van der Waals surface area contributed by atoms with E-state index in [-0.39, 0.29) is 27.6 Å². The van der Waals surface area contributed by atoms with Crippen molar-refractivity contribution < 1.29 is 32.7 Å². The number of nitrogen functional groups attached to an aromatic ring is 1. The average Bonchev–Trinajstić information content (AvgIpc) is 3.29. The lowest BCUT2D eigenvalue weighted by Crippen LogP contribution is -2.40. The standard InChI is InChI=1S/C17H20N6O7S2/c18-15-12-16(20-6-19-15)23(7-21-12)17-14(26)13(25)10(30-17)5-22-32(28,29)8-31(27)11-4-2-1-3-9(11)24/h1-4,6-7,10,13-14,17,22,24-26H,5,8H2,(H2,18,19,20)/t10-,13+,14?,17-,31?/m1/s1. The number of benzene rings is 1. The molecule has 1 aliphatic heterocycles. The van der Waals surface area contributed by atoms with E-state index in [1.807, 2.05) is 0 Å². The van der Waals surface area contributed by atoms with Crippen LogP contribution in [0.4, 0.5) is 5.82 Å². The van der Waals surface area contributed by atoms with Crippen LogP contribution in [0, 0.1) is 0 Å². The number of aromatic hydroxyl groups is 1. The Morgan fingerprint density at radius 1 is 1.19 bits per heavy atom. The molecule has 32 heavy (non-hydrogen) atoms. The fourth-order valence-electron chi connectivity index (χ4n) is 3.29. The summed E-state index contributed by atoms with van der Waals surface area (Å²) in [6.07, 6.45) is -2.52. The highest BCUT2D eigenvalue weighted by atomic mass is 32.3. The maximum atomic E-state index is 12.4. The molecule has 6 N–H and O–H groups in total. The van der Waals surface area contributed by atoms with Gasteiger partial charge in [-0.1, -0.05) is 12.1 Å². The fourth-order valence-corrected chi connectivity index (χ4v) is 6.21. The number of rotatable bonds is 7. The highest BCUT2D eigenvalue weighted by Crippen LogP contribution is 2.31. The number of para-hydroxylation sites is 1. The highest BCUT2D eigenvalue weighted by Gasteiger charge is 2.44. The molecule has 1 saturated heterocycles. The number of ether oxygens (including phenoxy) is 1. The van der Waals surface area contributed by atoms with Crippen molar-refractivity contribution >= 4 is 37.8 Å². The number of hydrogen-bond donors (Lipinski definition) is 5. The number of imidazole rings is 1. The first-order valence-corrected chi connectivity index (χ1v) is 12.2. The molecule has 3 aromatic rings. The summed E-state index contributed by atoms with van der Waals surface area (Å²) in [7, 11) is -6.10. The van der Waals surface area contributed by atoms with Crippen molar-refractivity contribution in [2.45, 2.75) is 29.4 Å². The Balaban J connectivity index is 1.44. The van der Waals surface area contributed by atoms with Crippen LogP contribution in [0.15, 0.2) is 41.8 Å². The minimum absolute atomic E-state index is 0.0150. The molecule has 15 heteroatoms. The molecule has 13 nitrogen and oxygen atoms in total. The monoisotopic (exact) mass is 484 g/mol. The van der Waals surface area contributed by atoms with Crippen molar-refractivity contribution in [3.8, 4) is 5.75 Å². The Hall–Kier alpha value is -2.69. The number of phenols is 1. The summed E-state index contributed by atoms with van der Waals surface area (Å²) in [5.41, 5.74) is 6.30. The molecular weight excluding hydrogens is 464 g/mol. The maximum absolute atomic E-state index is 12.4. The SMILES string of the molecule is Nc1ncnc2c1ncn2[C@@H]1O[C@H](CNS(=O)(=O)CS(=O)c2ccccc2O)[C@H](O)C1O. The van der Waals surface area contributed by atoms with Gasteiger partial charge in [0, 0.05) is 6.54 Å². The molecule has 1 aromatic carbocycles. The maximum Gasteiger partial charge on any atom is 0.224 e. The Morgan fingerprint density at radius 2 is 1.94 bits per heavy atom. The third-order valence-corrected chi connectivity index (χ3v) is 8.42. The topological polar surface area (TPSA) is 203 Å². The van der Waals surface area contributed by atoms with Gasteiger partial charge in [0.05, 0.1) is 22.0 Å². The van der Waals surface area contributed by atoms with Crippen LogP contribution in [-0.4, -0.2) is 77.4 Å². The van der Waals surface area contributed by atoms with E-state index in [2.05, 4.69) is 19.7 Å². The Morgan fingerprint density at radius 3 is 2.69 bits per heavy atom. The molecule has 4 rings (SSSR count). The van der Waals surface area contributed by atoms with Gasteiger partial charge in [-0.05, 0) is 12.1 Å². The smallest absolute Gasteiger partial charge is 0.224 e. The van der Waals surface area contributed by atoms with Gasteiger partial charge in [-0.2, -0.15) is 0 Å². The third-order valence-electron chi connectivity index (χ3n) is 4.88. The van der Waals surface area contributed by atoms with Crippen molar-refractivity contribution in [2.24, 2.45) is 0 Å². The van der Waals surface area contributed by atoms with Crippen molar-refractivity contribution in [1.29, 1.82) is 0 Å². The number of nitrogens with zero attached hydrogens (tertiary/aromatic N) is 4. The van der Waals surface area contributed by atoms with E-state index >= 15 is 0 Å². The minimum Gasteiger partial charge on any atom is -0.507 e. The lowest BCUT2D eigenvalue weighted by Gasteiger charge is -2.16. The van der Waals surface area contributed by atoms with E-state index in [1.54, 1.807) is 0 Å². The summed E-state index contributed by atoms with van der Waals surface area (Å²) in [6.45, 7) is -0.390. The number of sulfonamides is 1. The van der Waals surface area contributed by atoms with Crippen molar-refractivity contribution in [3.63, 3.8) is 0 Å². The second-order valence-corrected chi connectivity index (χ2v) is 10.6. The van der Waals surface area contributed by atoms with E-state index in [0.717, 1.165) is 0 Å². The number of fused-ring (bicyclic) bond motifs is 1. The second kappa shape index (κ2) is 8.68. The predicted molar refractivity (Wildman–Crippen MR) is 112 cm³/mol. The molecule has 0 amide bonds. The number of anilines is 1. The van der Waals surface area contributed by atoms with Gasteiger partial charge in [-0.3, -0.25) is 8.78 Å². The summed E-state index contributed by atoms with van der Waals surface area (Å²) >= 11 is 0. The normalized spacial score (nSPS) is 24.7. The van der Waals surface area contributed by atoms with Gasteiger partial charge in [-0.15, -0.1) is 0 Å².